The number of phenols is 1. The van der Waals surface area contributed by atoms with E-state index in [4.69, 9.17) is 15.2 Å². The van der Waals surface area contributed by atoms with Gasteiger partial charge in [0.1, 0.15) is 5.75 Å². The highest BCUT2D eigenvalue weighted by molar-refractivity contribution is 5.95. The molecule has 0 bridgehead atoms. The third kappa shape index (κ3) is 6.49. The first-order chi connectivity index (χ1) is 13.4. The van der Waals surface area contributed by atoms with Gasteiger partial charge >= 0.3 is 0 Å². The summed E-state index contributed by atoms with van der Waals surface area (Å²) in [6, 6.07) is 8.13. The molecule has 0 aliphatic carbocycles. The van der Waals surface area contributed by atoms with Crippen molar-refractivity contribution in [2.24, 2.45) is 5.73 Å². The summed E-state index contributed by atoms with van der Waals surface area (Å²) in [4.78, 5) is 15.4. The molecule has 1 aromatic carbocycles. The van der Waals surface area contributed by atoms with Gasteiger partial charge < -0.3 is 30.7 Å². The normalized spacial score (nSPS) is 13.1. The molecule has 8 nitrogen and oxygen atoms in total. The molecule has 152 valence electrons. The molecule has 28 heavy (non-hydrogen) atoms. The average Bonchev–Trinajstić information content (AvgIpc) is 2.70. The van der Waals surface area contributed by atoms with Crippen LogP contribution in [0.3, 0.4) is 0 Å². The third-order valence-electron chi connectivity index (χ3n) is 4.30. The van der Waals surface area contributed by atoms with E-state index in [9.17, 15) is 15.0 Å². The Labute approximate surface area is 164 Å². The van der Waals surface area contributed by atoms with Gasteiger partial charge in [-0.2, -0.15) is 0 Å². The Balaban J connectivity index is 1.70. The highest BCUT2D eigenvalue weighted by Gasteiger charge is 2.14. The Bertz CT molecular complexity index is 767. The SMILES string of the molecule is COc1ccc(COCCC(C)NCC(O)c2ccc(O)c(C(N)=O)c2)cn1. The summed E-state index contributed by atoms with van der Waals surface area (Å²) in [5.41, 5.74) is 6.68. The standard InChI is InChI=1S/C20H27N3O5/c1-13(7-8-28-12-14-3-6-19(27-2)23-10-14)22-11-18(25)15-4-5-17(24)16(9-15)20(21)26/h3-6,9-10,13,18,22,24-25H,7-8,11-12H2,1-2H3,(H2,21,26). The summed E-state index contributed by atoms with van der Waals surface area (Å²) >= 11 is 0. The number of aliphatic hydroxyl groups is 1. The number of nitrogens with zero attached hydrogens (tertiary/aromatic N) is 1. The van der Waals surface area contributed by atoms with Gasteiger partial charge in [0.2, 0.25) is 5.88 Å². The van der Waals surface area contributed by atoms with E-state index in [2.05, 4.69) is 10.3 Å². The molecule has 2 atom stereocenters. The van der Waals surface area contributed by atoms with Gasteiger partial charge in [-0.05, 0) is 42.7 Å². The zero-order chi connectivity index (χ0) is 20.5. The first-order valence-corrected chi connectivity index (χ1v) is 9.01. The van der Waals surface area contributed by atoms with E-state index in [0.717, 1.165) is 12.0 Å². The second-order valence-electron chi connectivity index (χ2n) is 6.52. The number of aromatic nitrogens is 1. The fourth-order valence-corrected chi connectivity index (χ4v) is 2.56. The Morgan fingerprint density at radius 2 is 2.11 bits per heavy atom. The minimum absolute atomic E-state index is 0.00831. The van der Waals surface area contributed by atoms with Crippen molar-refractivity contribution in [3.63, 3.8) is 0 Å². The maximum absolute atomic E-state index is 11.3. The predicted octanol–water partition coefficient (Wildman–Crippen LogP) is 1.51. The van der Waals surface area contributed by atoms with Crippen LogP contribution in [-0.4, -0.2) is 47.4 Å². The first kappa shape index (κ1) is 21.6. The van der Waals surface area contributed by atoms with E-state index in [1.54, 1.807) is 25.4 Å². The van der Waals surface area contributed by atoms with Crippen molar-refractivity contribution in [3.8, 4) is 11.6 Å². The number of carbonyl (C=O) groups is 1. The maximum Gasteiger partial charge on any atom is 0.252 e. The Morgan fingerprint density at radius 1 is 1.32 bits per heavy atom. The number of aliphatic hydroxyl groups excluding tert-OH is 1. The van der Waals surface area contributed by atoms with Gasteiger partial charge in [-0.15, -0.1) is 0 Å². The van der Waals surface area contributed by atoms with Crippen LogP contribution < -0.4 is 15.8 Å². The zero-order valence-electron chi connectivity index (χ0n) is 16.1. The molecule has 2 unspecified atom stereocenters. The van der Waals surface area contributed by atoms with Crippen molar-refractivity contribution in [1.29, 1.82) is 0 Å². The predicted molar refractivity (Wildman–Crippen MR) is 104 cm³/mol. The van der Waals surface area contributed by atoms with E-state index in [1.807, 2.05) is 13.0 Å². The van der Waals surface area contributed by atoms with Crippen LogP contribution in [0.1, 0.15) is 40.9 Å². The lowest BCUT2D eigenvalue weighted by molar-refractivity contribution is 0.0997. The van der Waals surface area contributed by atoms with Gasteiger partial charge in [0.15, 0.2) is 0 Å². The summed E-state index contributed by atoms with van der Waals surface area (Å²) in [7, 11) is 1.57. The van der Waals surface area contributed by atoms with Crippen molar-refractivity contribution < 1.29 is 24.5 Å². The van der Waals surface area contributed by atoms with E-state index < -0.39 is 12.0 Å². The molecule has 2 rings (SSSR count). The number of ether oxygens (including phenoxy) is 2. The highest BCUT2D eigenvalue weighted by atomic mass is 16.5. The minimum atomic E-state index is -0.826. The van der Waals surface area contributed by atoms with E-state index in [-0.39, 0.29) is 17.4 Å². The molecule has 8 heteroatoms. The van der Waals surface area contributed by atoms with E-state index in [0.29, 0.717) is 31.2 Å². The van der Waals surface area contributed by atoms with Crippen LogP contribution in [0, 0.1) is 0 Å². The lowest BCUT2D eigenvalue weighted by Crippen LogP contribution is -2.31. The topological polar surface area (TPSA) is 127 Å². The van der Waals surface area contributed by atoms with Crippen LogP contribution >= 0.6 is 0 Å². The van der Waals surface area contributed by atoms with Crippen molar-refractivity contribution in [2.75, 3.05) is 20.3 Å². The molecule has 0 fully saturated rings. The Kier molecular flexibility index (Phi) is 8.19. The Hall–Kier alpha value is -2.68. The number of rotatable bonds is 11. The van der Waals surface area contributed by atoms with Crippen molar-refractivity contribution in [3.05, 3.63) is 53.2 Å². The number of pyridine rings is 1. The third-order valence-corrected chi connectivity index (χ3v) is 4.30. The molecular formula is C20H27N3O5. The molecule has 2 aromatic rings. The monoisotopic (exact) mass is 389 g/mol. The van der Waals surface area contributed by atoms with Crippen LogP contribution in [0.2, 0.25) is 0 Å². The molecule has 1 amide bonds. The summed E-state index contributed by atoms with van der Waals surface area (Å²) in [5, 5.41) is 23.1. The molecule has 1 aromatic heterocycles. The fraction of sp³-hybridized carbons (Fsp3) is 0.400. The fourth-order valence-electron chi connectivity index (χ4n) is 2.56. The zero-order valence-corrected chi connectivity index (χ0v) is 16.1. The highest BCUT2D eigenvalue weighted by Crippen LogP contribution is 2.22. The van der Waals surface area contributed by atoms with Gasteiger partial charge in [0.05, 0.1) is 25.4 Å². The van der Waals surface area contributed by atoms with Crippen LogP contribution in [0.15, 0.2) is 36.5 Å². The molecule has 0 aliphatic rings. The van der Waals surface area contributed by atoms with Gasteiger partial charge in [-0.1, -0.05) is 6.07 Å². The number of nitrogens with two attached hydrogens (primary N) is 1. The van der Waals surface area contributed by atoms with E-state index in [1.165, 1.54) is 12.1 Å². The summed E-state index contributed by atoms with van der Waals surface area (Å²) < 4.78 is 10.7. The molecule has 0 radical (unpaired) electrons. The van der Waals surface area contributed by atoms with Crippen molar-refractivity contribution >= 4 is 5.91 Å². The molecule has 0 aliphatic heterocycles. The Morgan fingerprint density at radius 3 is 2.75 bits per heavy atom. The van der Waals surface area contributed by atoms with Crippen LogP contribution in [-0.2, 0) is 11.3 Å². The molecule has 0 saturated carbocycles. The number of primary amides is 1. The molecule has 1 heterocycles. The largest absolute Gasteiger partial charge is 0.507 e. The second-order valence-corrected chi connectivity index (χ2v) is 6.52. The van der Waals surface area contributed by atoms with Gasteiger partial charge in [0.25, 0.3) is 5.91 Å². The van der Waals surface area contributed by atoms with Crippen molar-refractivity contribution in [1.82, 2.24) is 10.3 Å². The number of hydrogen-bond donors (Lipinski definition) is 4. The van der Waals surface area contributed by atoms with Gasteiger partial charge in [0, 0.05) is 31.5 Å². The quantitative estimate of drug-likeness (QED) is 0.429. The van der Waals surface area contributed by atoms with Crippen LogP contribution in [0.5, 0.6) is 11.6 Å². The summed E-state index contributed by atoms with van der Waals surface area (Å²) in [6.07, 6.45) is 1.65. The lowest BCUT2D eigenvalue weighted by atomic mass is 10.0. The minimum Gasteiger partial charge on any atom is -0.507 e. The van der Waals surface area contributed by atoms with Gasteiger partial charge in [-0.25, -0.2) is 4.98 Å². The maximum atomic E-state index is 11.3. The first-order valence-electron chi connectivity index (χ1n) is 9.01. The van der Waals surface area contributed by atoms with E-state index >= 15 is 0 Å². The summed E-state index contributed by atoms with van der Waals surface area (Å²) in [5.74, 6) is -0.372. The number of benzene rings is 1. The number of amides is 1. The number of hydrogen-bond acceptors (Lipinski definition) is 7. The molecule has 0 spiro atoms. The van der Waals surface area contributed by atoms with Crippen molar-refractivity contribution in [2.45, 2.75) is 32.1 Å². The number of methoxy groups -OCH3 is 1. The second kappa shape index (κ2) is 10.6. The average molecular weight is 389 g/mol. The smallest absolute Gasteiger partial charge is 0.252 e. The summed E-state index contributed by atoms with van der Waals surface area (Å²) in [6.45, 7) is 3.32. The van der Waals surface area contributed by atoms with Crippen LogP contribution in [0.4, 0.5) is 0 Å². The number of carbonyl (C=O) groups excluding carboxylic acids is 1. The van der Waals surface area contributed by atoms with Crippen LogP contribution in [0.25, 0.3) is 0 Å². The van der Waals surface area contributed by atoms with Gasteiger partial charge in [-0.3, -0.25) is 4.79 Å². The molecule has 0 saturated heterocycles. The number of aromatic hydroxyl groups is 1. The molecular weight excluding hydrogens is 362 g/mol. The molecule has 5 N–H and O–H groups in total. The lowest BCUT2D eigenvalue weighted by Gasteiger charge is -2.18. The number of nitrogens with one attached hydrogen (secondary N) is 1.